The Morgan fingerprint density at radius 2 is 2.33 bits per heavy atom. The molecule has 0 saturated heterocycles. The van der Waals surface area contributed by atoms with Crippen LogP contribution in [-0.4, -0.2) is 16.6 Å². The molecule has 2 aromatic heterocycles. The standard InChI is InChI=1S/C18H17N3O2S/c19-15-7-8-20-11-17(15)24-12-13-4-1-2-5-14(10-13)21-18(22)16-6-3-9-23-16/h1-4,6-11H,5,12H2,(H2,19,20)(H,21,22). The number of carbonyl (C=O) groups excluding carboxylic acids is 1. The van der Waals surface area contributed by atoms with Crippen LogP contribution < -0.4 is 11.1 Å². The van der Waals surface area contributed by atoms with E-state index in [9.17, 15) is 4.79 Å². The lowest BCUT2D eigenvalue weighted by Crippen LogP contribution is -2.22. The number of anilines is 1. The predicted molar refractivity (Wildman–Crippen MR) is 95.5 cm³/mol. The molecule has 0 radical (unpaired) electrons. The van der Waals surface area contributed by atoms with Gasteiger partial charge in [-0.15, -0.1) is 11.8 Å². The Labute approximate surface area is 144 Å². The lowest BCUT2D eigenvalue weighted by atomic mass is 10.2. The number of amides is 1. The number of allylic oxidation sites excluding steroid dienone is 4. The molecule has 5 nitrogen and oxygen atoms in total. The number of rotatable bonds is 5. The molecule has 3 N–H and O–H groups in total. The normalized spacial score (nSPS) is 13.8. The number of furan rings is 1. The molecule has 0 aliphatic heterocycles. The zero-order chi connectivity index (χ0) is 16.8. The number of nitrogens with one attached hydrogen (secondary N) is 1. The predicted octanol–water partition coefficient (Wildman–Crippen LogP) is 3.55. The van der Waals surface area contributed by atoms with Crippen LogP contribution in [0.5, 0.6) is 0 Å². The largest absolute Gasteiger partial charge is 0.459 e. The van der Waals surface area contributed by atoms with Crippen molar-refractivity contribution in [3.63, 3.8) is 0 Å². The third-order valence-corrected chi connectivity index (χ3v) is 4.50. The second-order valence-corrected chi connectivity index (χ2v) is 6.19. The summed E-state index contributed by atoms with van der Waals surface area (Å²) in [6.45, 7) is 0. The van der Waals surface area contributed by atoms with E-state index in [-0.39, 0.29) is 5.91 Å². The van der Waals surface area contributed by atoms with Gasteiger partial charge in [0.1, 0.15) is 0 Å². The summed E-state index contributed by atoms with van der Waals surface area (Å²) in [6.07, 6.45) is 13.6. The number of pyridine rings is 1. The fourth-order valence-electron chi connectivity index (χ4n) is 2.18. The van der Waals surface area contributed by atoms with Crippen LogP contribution in [0.2, 0.25) is 0 Å². The van der Waals surface area contributed by atoms with Crippen molar-refractivity contribution in [1.82, 2.24) is 10.3 Å². The fraction of sp³-hybridized carbons (Fsp3) is 0.111. The average molecular weight is 339 g/mol. The maximum absolute atomic E-state index is 12.1. The summed E-state index contributed by atoms with van der Waals surface area (Å²) >= 11 is 1.62. The molecule has 24 heavy (non-hydrogen) atoms. The number of hydrogen-bond donors (Lipinski definition) is 2. The Bertz CT molecular complexity index is 807. The second kappa shape index (κ2) is 7.70. The van der Waals surface area contributed by atoms with Gasteiger partial charge in [0.2, 0.25) is 0 Å². The third-order valence-electron chi connectivity index (χ3n) is 3.37. The molecule has 0 saturated carbocycles. The van der Waals surface area contributed by atoms with Crippen molar-refractivity contribution < 1.29 is 9.21 Å². The van der Waals surface area contributed by atoms with Gasteiger partial charge in [0.15, 0.2) is 5.76 Å². The Hall–Kier alpha value is -2.73. The summed E-state index contributed by atoms with van der Waals surface area (Å²) in [5.41, 5.74) is 8.57. The minimum absolute atomic E-state index is 0.245. The van der Waals surface area contributed by atoms with Gasteiger partial charge in [0.25, 0.3) is 5.91 Å². The molecule has 0 unspecified atom stereocenters. The maximum atomic E-state index is 12.1. The molecule has 0 atom stereocenters. The zero-order valence-corrected chi connectivity index (χ0v) is 13.8. The van der Waals surface area contributed by atoms with E-state index < -0.39 is 0 Å². The highest BCUT2D eigenvalue weighted by Gasteiger charge is 2.11. The highest BCUT2D eigenvalue weighted by molar-refractivity contribution is 7.99. The second-order valence-electron chi connectivity index (χ2n) is 5.18. The van der Waals surface area contributed by atoms with Gasteiger partial charge in [-0.1, -0.05) is 18.2 Å². The summed E-state index contributed by atoms with van der Waals surface area (Å²) < 4.78 is 5.12. The first kappa shape index (κ1) is 16.1. The van der Waals surface area contributed by atoms with Gasteiger partial charge in [0, 0.05) is 40.8 Å². The highest BCUT2D eigenvalue weighted by atomic mass is 32.2. The van der Waals surface area contributed by atoms with Crippen LogP contribution in [0.25, 0.3) is 0 Å². The van der Waals surface area contributed by atoms with Crippen molar-refractivity contribution >= 4 is 23.4 Å². The van der Waals surface area contributed by atoms with Crippen LogP contribution in [0.1, 0.15) is 17.0 Å². The highest BCUT2D eigenvalue weighted by Crippen LogP contribution is 2.26. The smallest absolute Gasteiger partial charge is 0.291 e. The van der Waals surface area contributed by atoms with Crippen LogP contribution in [0.3, 0.4) is 0 Å². The van der Waals surface area contributed by atoms with E-state index >= 15 is 0 Å². The molecule has 6 heteroatoms. The van der Waals surface area contributed by atoms with E-state index in [0.717, 1.165) is 27.6 Å². The Balaban J connectivity index is 1.66. The molecule has 2 aromatic rings. The minimum atomic E-state index is -0.245. The molecule has 0 aromatic carbocycles. The zero-order valence-electron chi connectivity index (χ0n) is 12.9. The van der Waals surface area contributed by atoms with Crippen molar-refractivity contribution in [2.24, 2.45) is 0 Å². The van der Waals surface area contributed by atoms with Crippen molar-refractivity contribution in [3.05, 3.63) is 78.2 Å². The van der Waals surface area contributed by atoms with Crippen LogP contribution in [0.15, 0.2) is 81.7 Å². The minimum Gasteiger partial charge on any atom is -0.459 e. The van der Waals surface area contributed by atoms with Crippen LogP contribution in [0.4, 0.5) is 5.69 Å². The SMILES string of the molecule is Nc1ccncc1SCC1=CC=CCC(NC(=O)c2ccco2)=C1. The molecule has 2 heterocycles. The average Bonchev–Trinajstić information content (AvgIpc) is 3.03. The molecule has 0 bridgehead atoms. The molecule has 1 aliphatic carbocycles. The van der Waals surface area contributed by atoms with E-state index in [1.165, 1.54) is 6.26 Å². The molecule has 1 aliphatic rings. The third kappa shape index (κ3) is 4.17. The Kier molecular flexibility index (Phi) is 5.18. The Morgan fingerprint density at radius 1 is 1.42 bits per heavy atom. The first-order chi connectivity index (χ1) is 11.7. The number of nitrogens with two attached hydrogens (primary N) is 1. The van der Waals surface area contributed by atoms with Gasteiger partial charge >= 0.3 is 0 Å². The summed E-state index contributed by atoms with van der Waals surface area (Å²) in [7, 11) is 0. The van der Waals surface area contributed by atoms with Crippen molar-refractivity contribution in [1.29, 1.82) is 0 Å². The molecule has 3 rings (SSSR count). The van der Waals surface area contributed by atoms with Crippen LogP contribution >= 0.6 is 11.8 Å². The molecule has 0 spiro atoms. The van der Waals surface area contributed by atoms with Gasteiger partial charge in [-0.3, -0.25) is 9.78 Å². The number of nitrogen functional groups attached to an aromatic ring is 1. The number of carbonyl (C=O) groups is 1. The number of nitrogens with zero attached hydrogens (tertiary/aromatic N) is 1. The molecule has 1 amide bonds. The Morgan fingerprint density at radius 3 is 3.12 bits per heavy atom. The first-order valence-corrected chi connectivity index (χ1v) is 8.44. The quantitative estimate of drug-likeness (QED) is 0.814. The maximum Gasteiger partial charge on any atom is 0.291 e. The van der Waals surface area contributed by atoms with Crippen LogP contribution in [0, 0.1) is 0 Å². The van der Waals surface area contributed by atoms with Crippen molar-refractivity contribution in [2.45, 2.75) is 11.3 Å². The summed E-state index contributed by atoms with van der Waals surface area (Å²) in [6, 6.07) is 5.12. The summed E-state index contributed by atoms with van der Waals surface area (Å²) in [5, 5.41) is 2.89. The van der Waals surface area contributed by atoms with Gasteiger partial charge < -0.3 is 15.5 Å². The van der Waals surface area contributed by atoms with Gasteiger partial charge in [-0.25, -0.2) is 0 Å². The molecule has 0 fully saturated rings. The molecule has 122 valence electrons. The molecular formula is C18H17N3O2S. The first-order valence-electron chi connectivity index (χ1n) is 7.46. The monoisotopic (exact) mass is 339 g/mol. The van der Waals surface area contributed by atoms with E-state index in [1.807, 2.05) is 24.3 Å². The van der Waals surface area contributed by atoms with Crippen molar-refractivity contribution in [3.8, 4) is 0 Å². The van der Waals surface area contributed by atoms with E-state index in [2.05, 4.69) is 10.3 Å². The lowest BCUT2D eigenvalue weighted by molar-refractivity contribution is 0.0938. The number of hydrogen-bond acceptors (Lipinski definition) is 5. The summed E-state index contributed by atoms with van der Waals surface area (Å²) in [5.74, 6) is 0.789. The fourth-order valence-corrected chi connectivity index (χ4v) is 3.05. The summed E-state index contributed by atoms with van der Waals surface area (Å²) in [4.78, 5) is 17.1. The van der Waals surface area contributed by atoms with Crippen molar-refractivity contribution in [2.75, 3.05) is 11.5 Å². The lowest BCUT2D eigenvalue weighted by Gasteiger charge is -2.08. The van der Waals surface area contributed by atoms with Gasteiger partial charge in [-0.05, 0) is 29.8 Å². The van der Waals surface area contributed by atoms with Crippen LogP contribution in [-0.2, 0) is 0 Å². The van der Waals surface area contributed by atoms with Gasteiger partial charge in [0.05, 0.1) is 6.26 Å². The van der Waals surface area contributed by atoms with E-state index in [1.54, 1.807) is 42.4 Å². The van der Waals surface area contributed by atoms with Gasteiger partial charge in [-0.2, -0.15) is 0 Å². The van der Waals surface area contributed by atoms with E-state index in [0.29, 0.717) is 12.2 Å². The molecular weight excluding hydrogens is 322 g/mol. The number of thioether (sulfide) groups is 1. The topological polar surface area (TPSA) is 81.1 Å². The van der Waals surface area contributed by atoms with E-state index in [4.69, 9.17) is 10.2 Å². The number of aromatic nitrogens is 1.